The maximum Gasteiger partial charge on any atom is 0.126 e. The van der Waals surface area contributed by atoms with Gasteiger partial charge in [-0.3, -0.25) is 0 Å². The average Bonchev–Trinajstić information content (AvgIpc) is 3.01. The molecule has 280 valence electrons. The second-order valence-electron chi connectivity index (χ2n) is 19.7. The predicted molar refractivity (Wildman–Crippen MR) is 223 cm³/mol. The van der Waals surface area contributed by atoms with Gasteiger partial charge in [0.15, 0.2) is 0 Å². The molecule has 52 heavy (non-hydrogen) atoms. The number of hydrogen-bond donors (Lipinski definition) is 0. The van der Waals surface area contributed by atoms with Crippen LogP contribution in [0.25, 0.3) is 0 Å². The van der Waals surface area contributed by atoms with Gasteiger partial charge < -0.3 is 9.47 Å². The van der Waals surface area contributed by atoms with Gasteiger partial charge in [0.2, 0.25) is 0 Å². The monoisotopic (exact) mass is 701 g/mol. The van der Waals surface area contributed by atoms with Crippen LogP contribution in [-0.4, -0.2) is 13.2 Å². The van der Waals surface area contributed by atoms with Gasteiger partial charge in [0, 0.05) is 25.7 Å². The van der Waals surface area contributed by atoms with E-state index in [-0.39, 0.29) is 21.7 Å². The third kappa shape index (κ3) is 9.52. The standard InChI is InChI=1S/C50H68O2/c1-15-17-51-45-37-21-33-19-35(27-41(25-33)47(3,4)5)23-39-31-44(50(12,13)14)32-40(46(39)52-18-16-2)24-36-20-34(26-42(28-36)48(6,7)8)22-38(45)30-43(29-37)49(9,10)11/h19-20,25-32H,15-18,21-24H2,1-14H3. The quantitative estimate of drug-likeness (QED) is 0.176. The van der Waals surface area contributed by atoms with Crippen molar-refractivity contribution >= 4 is 0 Å². The Kier molecular flexibility index (Phi) is 11.5. The van der Waals surface area contributed by atoms with Crippen LogP contribution in [-0.2, 0) is 47.3 Å². The van der Waals surface area contributed by atoms with Gasteiger partial charge in [-0.25, -0.2) is 0 Å². The molecular formula is C50H68O2. The Morgan fingerprint density at radius 3 is 0.808 bits per heavy atom. The Balaban J connectivity index is 1.88. The lowest BCUT2D eigenvalue weighted by atomic mass is 9.79. The minimum atomic E-state index is 0.00678. The van der Waals surface area contributed by atoms with Crippen LogP contribution in [0.1, 0.15) is 177 Å². The van der Waals surface area contributed by atoms with Crippen LogP contribution in [0.3, 0.4) is 0 Å². The van der Waals surface area contributed by atoms with E-state index in [1.807, 2.05) is 0 Å². The predicted octanol–water partition coefficient (Wildman–Crippen LogP) is 13.1. The second-order valence-corrected chi connectivity index (χ2v) is 19.7. The molecule has 0 radical (unpaired) electrons. The summed E-state index contributed by atoms with van der Waals surface area (Å²) >= 11 is 0. The minimum absolute atomic E-state index is 0.00678. The summed E-state index contributed by atoms with van der Waals surface area (Å²) in [5.41, 5.74) is 16.0. The largest absolute Gasteiger partial charge is 0.493 e. The minimum Gasteiger partial charge on any atom is -0.493 e. The highest BCUT2D eigenvalue weighted by molar-refractivity contribution is 5.55. The number of rotatable bonds is 6. The number of fused-ring (bicyclic) bond motifs is 8. The molecule has 5 rings (SSSR count). The van der Waals surface area contributed by atoms with E-state index in [0.717, 1.165) is 50.0 Å². The van der Waals surface area contributed by atoms with Crippen molar-refractivity contribution < 1.29 is 9.47 Å². The summed E-state index contributed by atoms with van der Waals surface area (Å²) < 4.78 is 13.6. The summed E-state index contributed by atoms with van der Waals surface area (Å²) in [6.45, 7) is 33.9. The normalized spacial score (nSPS) is 14.0. The Hall–Kier alpha value is -3.52. The molecule has 0 aliphatic heterocycles. The van der Waals surface area contributed by atoms with E-state index < -0.39 is 0 Å². The number of ether oxygens (including phenoxy) is 2. The van der Waals surface area contributed by atoms with Crippen molar-refractivity contribution in [1.82, 2.24) is 0 Å². The molecule has 0 atom stereocenters. The second kappa shape index (κ2) is 15.1. The molecule has 0 aromatic heterocycles. The molecule has 4 aromatic carbocycles. The van der Waals surface area contributed by atoms with Crippen molar-refractivity contribution in [3.8, 4) is 11.5 Å². The van der Waals surface area contributed by atoms with Gasteiger partial charge in [-0.15, -0.1) is 0 Å². The van der Waals surface area contributed by atoms with E-state index in [1.165, 1.54) is 66.8 Å². The molecule has 8 bridgehead atoms. The fourth-order valence-electron chi connectivity index (χ4n) is 7.36. The summed E-state index contributed by atoms with van der Waals surface area (Å²) in [6.07, 6.45) is 5.26. The van der Waals surface area contributed by atoms with Crippen LogP contribution in [0.4, 0.5) is 0 Å². The van der Waals surface area contributed by atoms with Crippen molar-refractivity contribution in [2.24, 2.45) is 0 Å². The Morgan fingerprint density at radius 2 is 0.596 bits per heavy atom. The van der Waals surface area contributed by atoms with Crippen LogP contribution < -0.4 is 9.47 Å². The van der Waals surface area contributed by atoms with Gasteiger partial charge in [-0.2, -0.15) is 0 Å². The van der Waals surface area contributed by atoms with E-state index in [1.54, 1.807) is 0 Å². The summed E-state index contributed by atoms with van der Waals surface area (Å²) in [6, 6.07) is 24.5. The summed E-state index contributed by atoms with van der Waals surface area (Å²) in [5.74, 6) is 2.14. The number of hydrogen-bond acceptors (Lipinski definition) is 2. The molecule has 0 amide bonds. The molecule has 4 aromatic rings. The average molecular weight is 701 g/mol. The molecule has 0 spiro atoms. The summed E-state index contributed by atoms with van der Waals surface area (Å²) in [5, 5.41) is 0. The first kappa shape index (κ1) is 39.7. The van der Waals surface area contributed by atoms with E-state index in [9.17, 15) is 0 Å². The van der Waals surface area contributed by atoms with Gasteiger partial charge >= 0.3 is 0 Å². The highest BCUT2D eigenvalue weighted by Crippen LogP contribution is 2.40. The van der Waals surface area contributed by atoms with Crippen molar-refractivity contribution in [3.05, 3.63) is 127 Å². The molecule has 2 heteroatoms. The lowest BCUT2D eigenvalue weighted by Crippen LogP contribution is -2.16. The van der Waals surface area contributed by atoms with Crippen molar-refractivity contribution in [3.63, 3.8) is 0 Å². The molecule has 0 saturated carbocycles. The molecule has 1 aliphatic rings. The third-order valence-electron chi connectivity index (χ3n) is 10.5. The van der Waals surface area contributed by atoms with Crippen molar-refractivity contribution in [1.29, 1.82) is 0 Å². The molecule has 0 N–H and O–H groups in total. The zero-order valence-electron chi connectivity index (χ0n) is 35.2. The first-order chi connectivity index (χ1) is 24.1. The molecule has 0 heterocycles. The first-order valence-electron chi connectivity index (χ1n) is 20.0. The van der Waals surface area contributed by atoms with Gasteiger partial charge in [-0.05, 0) is 101 Å². The lowest BCUT2D eigenvalue weighted by molar-refractivity contribution is 0.311. The van der Waals surface area contributed by atoms with Crippen LogP contribution in [0.15, 0.2) is 60.7 Å². The lowest BCUT2D eigenvalue weighted by Gasteiger charge is -2.27. The van der Waals surface area contributed by atoms with E-state index in [4.69, 9.17) is 9.47 Å². The van der Waals surface area contributed by atoms with Gasteiger partial charge in [0.25, 0.3) is 0 Å². The van der Waals surface area contributed by atoms with Crippen LogP contribution in [0.5, 0.6) is 11.5 Å². The first-order valence-corrected chi connectivity index (χ1v) is 20.0. The van der Waals surface area contributed by atoms with Gasteiger partial charge in [-0.1, -0.05) is 158 Å². The fourth-order valence-corrected chi connectivity index (χ4v) is 7.36. The third-order valence-corrected chi connectivity index (χ3v) is 10.5. The number of benzene rings is 4. The smallest absolute Gasteiger partial charge is 0.126 e. The Morgan fingerprint density at radius 1 is 0.365 bits per heavy atom. The Bertz CT molecular complexity index is 1650. The van der Waals surface area contributed by atoms with E-state index >= 15 is 0 Å². The van der Waals surface area contributed by atoms with Crippen molar-refractivity contribution in [2.75, 3.05) is 13.2 Å². The van der Waals surface area contributed by atoms with Gasteiger partial charge in [0.05, 0.1) is 13.2 Å². The zero-order valence-corrected chi connectivity index (χ0v) is 35.2. The van der Waals surface area contributed by atoms with E-state index in [0.29, 0.717) is 13.2 Å². The SMILES string of the molecule is CCCOc1c2cc(C(C)(C)C)cc1Cc1cc(cc(C(C)(C)C)c1)Cc1cc(C(C)(C)C)cc(c1OCCC)Cc1cc(cc(C(C)(C)C)c1)C2. The maximum absolute atomic E-state index is 6.79. The highest BCUT2D eigenvalue weighted by Gasteiger charge is 2.26. The highest BCUT2D eigenvalue weighted by atomic mass is 16.5. The van der Waals surface area contributed by atoms with Gasteiger partial charge in [0.1, 0.15) is 11.5 Å². The molecule has 0 unspecified atom stereocenters. The molecule has 1 aliphatic carbocycles. The Labute approximate surface area is 317 Å². The molecular weight excluding hydrogens is 633 g/mol. The molecule has 0 fully saturated rings. The van der Waals surface area contributed by atoms with Crippen LogP contribution in [0, 0.1) is 0 Å². The summed E-state index contributed by atoms with van der Waals surface area (Å²) in [4.78, 5) is 0. The molecule has 0 saturated heterocycles. The maximum atomic E-state index is 6.79. The van der Waals surface area contributed by atoms with E-state index in [2.05, 4.69) is 158 Å². The summed E-state index contributed by atoms with van der Waals surface area (Å²) in [7, 11) is 0. The topological polar surface area (TPSA) is 18.5 Å². The van der Waals surface area contributed by atoms with Crippen molar-refractivity contribution in [2.45, 2.75) is 157 Å². The molecule has 2 nitrogen and oxygen atoms in total. The van der Waals surface area contributed by atoms with Crippen LogP contribution in [0.2, 0.25) is 0 Å². The zero-order chi connectivity index (χ0) is 38.2. The fraction of sp³-hybridized carbons (Fsp3) is 0.520. The van der Waals surface area contributed by atoms with Crippen LogP contribution >= 0.6 is 0 Å².